The molecule has 0 spiro atoms. The fraction of sp³-hybridized carbons (Fsp3) is 0.0833. The summed E-state index contributed by atoms with van der Waals surface area (Å²) in [5.41, 5.74) is 0.546. The number of carbonyl (C=O) groups excluding carboxylic acids is 1. The molecule has 32 heavy (non-hydrogen) atoms. The fourth-order valence-corrected chi connectivity index (χ4v) is 3.90. The average Bonchev–Trinajstić information content (AvgIpc) is 3.25. The summed E-state index contributed by atoms with van der Waals surface area (Å²) in [6.07, 6.45) is 2.45. The molecule has 0 aliphatic carbocycles. The average molecular weight is 443 g/mol. The normalized spacial score (nSPS) is 11.2. The molecule has 3 aromatic carbocycles. The van der Waals surface area contributed by atoms with Crippen molar-refractivity contribution in [2.24, 2.45) is 0 Å². The van der Waals surface area contributed by atoms with E-state index < -0.39 is 11.5 Å². The molecule has 0 unspecified atom stereocenters. The first-order valence-electron chi connectivity index (χ1n) is 9.83. The summed E-state index contributed by atoms with van der Waals surface area (Å²) in [4.78, 5) is 26.3. The van der Waals surface area contributed by atoms with E-state index in [1.54, 1.807) is 17.8 Å². The number of nitrogens with zero attached hydrogens (tertiary/aromatic N) is 2. The monoisotopic (exact) mass is 443 g/mol. The van der Waals surface area contributed by atoms with Crippen molar-refractivity contribution in [3.05, 3.63) is 94.2 Å². The first-order chi connectivity index (χ1) is 15.6. The highest BCUT2D eigenvalue weighted by molar-refractivity contribution is 7.98. The zero-order valence-electron chi connectivity index (χ0n) is 17.0. The van der Waals surface area contributed by atoms with E-state index in [0.29, 0.717) is 23.3 Å². The lowest BCUT2D eigenvalue weighted by atomic mass is 10.0. The van der Waals surface area contributed by atoms with E-state index in [1.165, 1.54) is 6.07 Å². The Balaban J connectivity index is 1.39. The molecule has 5 rings (SSSR count). The first kappa shape index (κ1) is 20.0. The molecule has 0 bridgehead atoms. The molecule has 0 saturated carbocycles. The van der Waals surface area contributed by atoms with Crippen molar-refractivity contribution >= 4 is 45.4 Å². The number of nitrogens with one attached hydrogen (secondary N) is 1. The van der Waals surface area contributed by atoms with Gasteiger partial charge in [0.05, 0.1) is 6.42 Å². The quantitative estimate of drug-likeness (QED) is 0.234. The predicted molar refractivity (Wildman–Crippen MR) is 123 cm³/mol. The van der Waals surface area contributed by atoms with Gasteiger partial charge in [-0.15, -0.1) is 16.9 Å². The van der Waals surface area contributed by atoms with Gasteiger partial charge in [-0.1, -0.05) is 47.6 Å². The highest BCUT2D eigenvalue weighted by Crippen LogP contribution is 2.25. The van der Waals surface area contributed by atoms with Crippen molar-refractivity contribution in [3.8, 4) is 0 Å². The van der Waals surface area contributed by atoms with Gasteiger partial charge < -0.3 is 8.83 Å². The van der Waals surface area contributed by atoms with Crippen LogP contribution in [0.4, 0.5) is 6.01 Å². The van der Waals surface area contributed by atoms with Crippen molar-refractivity contribution in [1.29, 1.82) is 0 Å². The summed E-state index contributed by atoms with van der Waals surface area (Å²) >= 11 is 1.66. The van der Waals surface area contributed by atoms with Crippen molar-refractivity contribution < 1.29 is 13.6 Å². The van der Waals surface area contributed by atoms with Crippen LogP contribution in [0.5, 0.6) is 0 Å². The van der Waals surface area contributed by atoms with Gasteiger partial charge in [-0.3, -0.25) is 10.1 Å². The van der Waals surface area contributed by atoms with Gasteiger partial charge in [0, 0.05) is 10.3 Å². The molecule has 0 atom stereocenters. The molecule has 7 nitrogen and oxygen atoms in total. The molecule has 1 N–H and O–H groups in total. The number of amides is 1. The van der Waals surface area contributed by atoms with Crippen molar-refractivity contribution in [2.75, 3.05) is 11.6 Å². The predicted octanol–water partition coefficient (Wildman–Crippen LogP) is 4.89. The van der Waals surface area contributed by atoms with Crippen LogP contribution in [0.25, 0.3) is 21.7 Å². The minimum atomic E-state index is -0.737. The Hall–Kier alpha value is -3.91. The number of carbonyl (C=O) groups is 1. The number of fused-ring (bicyclic) bond motifs is 3. The van der Waals surface area contributed by atoms with Crippen LogP contribution >= 0.6 is 11.8 Å². The lowest BCUT2D eigenvalue weighted by Gasteiger charge is -2.05. The van der Waals surface area contributed by atoms with Crippen LogP contribution in [0.15, 0.2) is 85.3 Å². The lowest BCUT2D eigenvalue weighted by molar-refractivity contribution is 0.102. The largest absolute Gasteiger partial charge is 0.422 e. The Labute approximate surface area is 186 Å². The summed E-state index contributed by atoms with van der Waals surface area (Å²) in [6, 6.07) is 20.7. The van der Waals surface area contributed by atoms with Gasteiger partial charge in [-0.05, 0) is 46.9 Å². The zero-order chi connectivity index (χ0) is 22.1. The summed E-state index contributed by atoms with van der Waals surface area (Å²) < 4.78 is 10.9. The number of anilines is 1. The SMILES string of the molecule is CSc1ccc(Cc2nnc(NC(=O)c3cc4c(ccc5ccccc54)oc3=O)o2)cc1. The minimum Gasteiger partial charge on any atom is -0.422 e. The summed E-state index contributed by atoms with van der Waals surface area (Å²) in [6.45, 7) is 0. The molecule has 0 saturated heterocycles. The molecule has 1 amide bonds. The first-order valence-corrected chi connectivity index (χ1v) is 11.1. The molecular formula is C24H17N3O4S. The third-order valence-electron chi connectivity index (χ3n) is 5.09. The zero-order valence-corrected chi connectivity index (χ0v) is 17.8. The van der Waals surface area contributed by atoms with Crippen LogP contribution < -0.4 is 10.9 Å². The van der Waals surface area contributed by atoms with Gasteiger partial charge in [0.15, 0.2) is 0 Å². The van der Waals surface area contributed by atoms with E-state index in [-0.39, 0.29) is 11.6 Å². The smallest absolute Gasteiger partial charge is 0.349 e. The molecule has 0 aliphatic heterocycles. The fourth-order valence-electron chi connectivity index (χ4n) is 3.49. The van der Waals surface area contributed by atoms with Crippen molar-refractivity contribution in [2.45, 2.75) is 11.3 Å². The Bertz CT molecular complexity index is 1510. The van der Waals surface area contributed by atoms with E-state index >= 15 is 0 Å². The summed E-state index contributed by atoms with van der Waals surface area (Å²) in [5, 5.41) is 12.9. The van der Waals surface area contributed by atoms with E-state index in [4.69, 9.17) is 8.83 Å². The number of hydrogen-bond acceptors (Lipinski definition) is 7. The third kappa shape index (κ3) is 3.88. The van der Waals surface area contributed by atoms with Gasteiger partial charge >= 0.3 is 11.6 Å². The number of aromatic nitrogens is 2. The van der Waals surface area contributed by atoms with Crippen molar-refractivity contribution in [1.82, 2.24) is 10.2 Å². The Kier molecular flexibility index (Phi) is 5.20. The molecular weight excluding hydrogens is 426 g/mol. The third-order valence-corrected chi connectivity index (χ3v) is 5.83. The van der Waals surface area contributed by atoms with Crippen LogP contribution in [0, 0.1) is 0 Å². The highest BCUT2D eigenvalue weighted by atomic mass is 32.2. The number of benzene rings is 3. The Morgan fingerprint density at radius 1 is 0.969 bits per heavy atom. The molecule has 0 radical (unpaired) electrons. The maximum atomic E-state index is 12.8. The maximum absolute atomic E-state index is 12.8. The van der Waals surface area contributed by atoms with Crippen LogP contribution in [-0.4, -0.2) is 22.4 Å². The van der Waals surface area contributed by atoms with E-state index in [9.17, 15) is 9.59 Å². The van der Waals surface area contributed by atoms with E-state index in [0.717, 1.165) is 21.2 Å². The number of rotatable bonds is 5. The highest BCUT2D eigenvalue weighted by Gasteiger charge is 2.18. The molecule has 8 heteroatoms. The minimum absolute atomic E-state index is 0.0804. The molecule has 2 heterocycles. The maximum Gasteiger partial charge on any atom is 0.349 e. The van der Waals surface area contributed by atoms with Crippen LogP contribution in [0.3, 0.4) is 0 Å². The number of hydrogen-bond donors (Lipinski definition) is 1. The summed E-state index contributed by atoms with van der Waals surface area (Å²) in [7, 11) is 0. The van der Waals surface area contributed by atoms with Gasteiger partial charge in [0.1, 0.15) is 11.1 Å². The molecule has 2 aromatic heterocycles. The van der Waals surface area contributed by atoms with Gasteiger partial charge in [-0.25, -0.2) is 4.79 Å². The number of thioether (sulfide) groups is 1. The Morgan fingerprint density at radius 2 is 1.78 bits per heavy atom. The topological polar surface area (TPSA) is 98.2 Å². The second kappa shape index (κ2) is 8.32. The molecule has 5 aromatic rings. The van der Waals surface area contributed by atoms with Gasteiger partial charge in [0.25, 0.3) is 5.91 Å². The van der Waals surface area contributed by atoms with Crippen LogP contribution in [0.2, 0.25) is 0 Å². The summed E-state index contributed by atoms with van der Waals surface area (Å²) in [5.74, 6) is -0.318. The van der Waals surface area contributed by atoms with E-state index in [1.807, 2.05) is 60.9 Å². The van der Waals surface area contributed by atoms with Crippen LogP contribution in [0.1, 0.15) is 21.8 Å². The molecule has 0 aliphatic rings. The Morgan fingerprint density at radius 3 is 2.59 bits per heavy atom. The molecule has 0 fully saturated rings. The second-order valence-electron chi connectivity index (χ2n) is 7.13. The van der Waals surface area contributed by atoms with Crippen LogP contribution in [-0.2, 0) is 6.42 Å². The standard InChI is InChI=1S/C24H17N3O4S/c1-32-16-9-6-14(7-10-16)12-21-26-27-24(31-21)25-22(28)19-13-18-17-5-3-2-4-15(17)8-11-20(18)30-23(19)29/h2-11,13H,12H2,1H3,(H,25,27,28). The second-order valence-corrected chi connectivity index (χ2v) is 8.01. The lowest BCUT2D eigenvalue weighted by Crippen LogP contribution is -2.20. The van der Waals surface area contributed by atoms with Crippen molar-refractivity contribution in [3.63, 3.8) is 0 Å². The van der Waals surface area contributed by atoms with Gasteiger partial charge in [0.2, 0.25) is 5.89 Å². The van der Waals surface area contributed by atoms with Gasteiger partial charge in [-0.2, -0.15) is 0 Å². The molecule has 158 valence electrons. The van der Waals surface area contributed by atoms with E-state index in [2.05, 4.69) is 15.5 Å².